The van der Waals surface area contributed by atoms with Crippen LogP contribution in [0.25, 0.3) is 5.57 Å². The minimum atomic E-state index is -4.42. The maximum Gasteiger partial charge on any atom is 0.433 e. The average molecular weight is 199 g/mol. The first-order valence-electron chi connectivity index (χ1n) is 3.81. The fraction of sp³-hybridized carbons (Fsp3) is 0.100. The fourth-order valence-electron chi connectivity index (χ4n) is 0.876. The lowest BCUT2D eigenvalue weighted by Gasteiger charge is -2.07. The Labute approximate surface area is 79.6 Å². The monoisotopic (exact) mass is 199 g/mol. The maximum atomic E-state index is 12.2. The van der Waals surface area contributed by atoms with Crippen LogP contribution >= 0.6 is 0 Å². The summed E-state index contributed by atoms with van der Waals surface area (Å²) in [7, 11) is 0. The van der Waals surface area contributed by atoms with Crippen molar-refractivity contribution in [3.63, 3.8) is 0 Å². The van der Waals surface area contributed by atoms with Gasteiger partial charge in [0.1, 0.15) is 5.69 Å². The number of rotatable bonds is 2. The Hall–Kier alpha value is -1.58. The molecule has 14 heavy (non-hydrogen) atoms. The number of hydrogen-bond acceptors (Lipinski definition) is 1. The Morgan fingerprint density at radius 1 is 1.36 bits per heavy atom. The summed E-state index contributed by atoms with van der Waals surface area (Å²) >= 11 is 0. The van der Waals surface area contributed by atoms with Gasteiger partial charge in [-0.05, 0) is 17.7 Å². The third-order valence-corrected chi connectivity index (χ3v) is 1.61. The van der Waals surface area contributed by atoms with Crippen LogP contribution in [0.4, 0.5) is 13.2 Å². The van der Waals surface area contributed by atoms with Crippen LogP contribution < -0.4 is 0 Å². The molecule has 0 saturated heterocycles. The molecule has 0 unspecified atom stereocenters. The summed E-state index contributed by atoms with van der Waals surface area (Å²) in [6.45, 7) is 6.93. The van der Waals surface area contributed by atoms with Crippen molar-refractivity contribution in [3.05, 3.63) is 48.8 Å². The summed E-state index contributed by atoms with van der Waals surface area (Å²) in [5.74, 6) is 0. The van der Waals surface area contributed by atoms with Crippen LogP contribution in [0.5, 0.6) is 0 Å². The van der Waals surface area contributed by atoms with Crippen molar-refractivity contribution in [3.8, 4) is 0 Å². The van der Waals surface area contributed by atoms with Gasteiger partial charge in [0.25, 0.3) is 0 Å². The van der Waals surface area contributed by atoms with Crippen LogP contribution in [0.15, 0.2) is 37.4 Å². The quantitative estimate of drug-likeness (QED) is 0.666. The number of halogens is 3. The SMILES string of the molecule is C=CC(=C)c1cccc(C(F)(F)F)n1. The highest BCUT2D eigenvalue weighted by Crippen LogP contribution is 2.28. The third kappa shape index (κ3) is 2.22. The molecule has 0 saturated carbocycles. The number of nitrogens with zero attached hydrogens (tertiary/aromatic N) is 1. The van der Waals surface area contributed by atoms with Gasteiger partial charge in [0.15, 0.2) is 0 Å². The zero-order chi connectivity index (χ0) is 10.8. The molecular formula is C10H8F3N. The lowest BCUT2D eigenvalue weighted by Crippen LogP contribution is -2.08. The van der Waals surface area contributed by atoms with Crippen LogP contribution in [-0.4, -0.2) is 4.98 Å². The van der Waals surface area contributed by atoms with Crippen LogP contribution in [0.1, 0.15) is 11.4 Å². The van der Waals surface area contributed by atoms with Gasteiger partial charge in [0.2, 0.25) is 0 Å². The van der Waals surface area contributed by atoms with Gasteiger partial charge in [-0.15, -0.1) is 0 Å². The number of allylic oxidation sites excluding steroid dienone is 2. The molecule has 0 aliphatic heterocycles. The molecule has 1 aromatic heterocycles. The Morgan fingerprint density at radius 3 is 2.50 bits per heavy atom. The average Bonchev–Trinajstić information content (AvgIpc) is 2.15. The molecule has 0 radical (unpaired) electrons. The second kappa shape index (κ2) is 3.65. The van der Waals surface area contributed by atoms with Gasteiger partial charge < -0.3 is 0 Å². The van der Waals surface area contributed by atoms with E-state index < -0.39 is 11.9 Å². The number of pyridine rings is 1. The van der Waals surface area contributed by atoms with E-state index in [0.29, 0.717) is 5.57 Å². The van der Waals surface area contributed by atoms with Gasteiger partial charge in [-0.25, -0.2) is 4.98 Å². The van der Waals surface area contributed by atoms with E-state index in [2.05, 4.69) is 18.1 Å². The van der Waals surface area contributed by atoms with Crippen molar-refractivity contribution in [1.29, 1.82) is 0 Å². The Morgan fingerprint density at radius 2 is 2.00 bits per heavy atom. The second-order valence-electron chi connectivity index (χ2n) is 2.64. The summed E-state index contributed by atoms with van der Waals surface area (Å²) in [4.78, 5) is 3.42. The molecule has 1 rings (SSSR count). The molecule has 0 N–H and O–H groups in total. The van der Waals surface area contributed by atoms with E-state index in [1.807, 2.05) is 0 Å². The number of aromatic nitrogens is 1. The molecule has 0 aliphatic rings. The van der Waals surface area contributed by atoms with E-state index in [4.69, 9.17) is 0 Å². The smallest absolute Gasteiger partial charge is 0.243 e. The van der Waals surface area contributed by atoms with E-state index in [9.17, 15) is 13.2 Å². The summed E-state index contributed by atoms with van der Waals surface area (Å²) in [5, 5.41) is 0. The zero-order valence-electron chi connectivity index (χ0n) is 7.30. The summed E-state index contributed by atoms with van der Waals surface area (Å²) in [6.07, 6.45) is -3.06. The van der Waals surface area contributed by atoms with Crippen molar-refractivity contribution in [2.45, 2.75) is 6.18 Å². The number of hydrogen-bond donors (Lipinski definition) is 0. The van der Waals surface area contributed by atoms with Gasteiger partial charge >= 0.3 is 6.18 Å². The highest BCUT2D eigenvalue weighted by Gasteiger charge is 2.32. The first-order chi connectivity index (χ1) is 6.45. The van der Waals surface area contributed by atoms with Crippen LogP contribution in [0.2, 0.25) is 0 Å². The van der Waals surface area contributed by atoms with Crippen LogP contribution in [-0.2, 0) is 6.18 Å². The minimum absolute atomic E-state index is 0.190. The highest BCUT2D eigenvalue weighted by atomic mass is 19.4. The predicted octanol–water partition coefficient (Wildman–Crippen LogP) is 3.30. The maximum absolute atomic E-state index is 12.2. The molecule has 74 valence electrons. The fourth-order valence-corrected chi connectivity index (χ4v) is 0.876. The normalized spacial score (nSPS) is 11.1. The van der Waals surface area contributed by atoms with E-state index in [0.717, 1.165) is 6.07 Å². The van der Waals surface area contributed by atoms with Crippen molar-refractivity contribution in [2.75, 3.05) is 0 Å². The van der Waals surface area contributed by atoms with Crippen molar-refractivity contribution < 1.29 is 13.2 Å². The lowest BCUT2D eigenvalue weighted by molar-refractivity contribution is -0.141. The molecule has 0 amide bonds. The summed E-state index contributed by atoms with van der Waals surface area (Å²) in [6, 6.07) is 3.67. The number of alkyl halides is 3. The molecule has 0 spiro atoms. The van der Waals surface area contributed by atoms with E-state index >= 15 is 0 Å². The molecule has 1 nitrogen and oxygen atoms in total. The molecule has 0 aromatic carbocycles. The minimum Gasteiger partial charge on any atom is -0.243 e. The molecular weight excluding hydrogens is 191 g/mol. The van der Waals surface area contributed by atoms with Crippen molar-refractivity contribution in [1.82, 2.24) is 4.98 Å². The van der Waals surface area contributed by atoms with Gasteiger partial charge in [-0.2, -0.15) is 13.2 Å². The zero-order valence-corrected chi connectivity index (χ0v) is 7.30. The molecule has 4 heteroatoms. The summed E-state index contributed by atoms with van der Waals surface area (Å²) < 4.78 is 36.7. The van der Waals surface area contributed by atoms with E-state index in [1.54, 1.807) is 0 Å². The third-order valence-electron chi connectivity index (χ3n) is 1.61. The molecule has 0 bridgehead atoms. The second-order valence-corrected chi connectivity index (χ2v) is 2.64. The molecule has 0 aliphatic carbocycles. The van der Waals surface area contributed by atoms with Gasteiger partial charge in [0.05, 0.1) is 5.69 Å². The molecule has 0 atom stereocenters. The first kappa shape index (κ1) is 10.5. The van der Waals surface area contributed by atoms with Gasteiger partial charge in [-0.3, -0.25) is 0 Å². The van der Waals surface area contributed by atoms with Crippen LogP contribution in [0.3, 0.4) is 0 Å². The molecule has 1 heterocycles. The van der Waals surface area contributed by atoms with Gasteiger partial charge in [-0.1, -0.05) is 25.3 Å². The molecule has 0 fully saturated rings. The Kier molecular flexibility index (Phi) is 2.74. The molecule has 1 aromatic rings. The Bertz CT molecular complexity index is 366. The largest absolute Gasteiger partial charge is 0.433 e. The predicted molar refractivity (Wildman–Crippen MR) is 48.5 cm³/mol. The standard InChI is InChI=1S/C10H8F3N/c1-3-7(2)8-5-4-6-9(14-8)10(11,12)13/h3-6H,1-2H2. The lowest BCUT2D eigenvalue weighted by atomic mass is 10.2. The van der Waals surface area contributed by atoms with Crippen molar-refractivity contribution >= 4 is 5.57 Å². The Balaban J connectivity index is 3.14. The highest BCUT2D eigenvalue weighted by molar-refractivity contribution is 5.68. The summed E-state index contributed by atoms with van der Waals surface area (Å²) in [5.41, 5.74) is -0.357. The van der Waals surface area contributed by atoms with Crippen LogP contribution in [0, 0.1) is 0 Å². The van der Waals surface area contributed by atoms with Crippen molar-refractivity contribution in [2.24, 2.45) is 0 Å². The first-order valence-corrected chi connectivity index (χ1v) is 3.81. The van der Waals surface area contributed by atoms with E-state index in [-0.39, 0.29) is 5.69 Å². The van der Waals surface area contributed by atoms with E-state index in [1.165, 1.54) is 18.2 Å². The van der Waals surface area contributed by atoms with Gasteiger partial charge in [0, 0.05) is 0 Å². The topological polar surface area (TPSA) is 12.9 Å².